The summed E-state index contributed by atoms with van der Waals surface area (Å²) in [5, 5.41) is 9.77. The van der Waals surface area contributed by atoms with Crippen molar-refractivity contribution < 1.29 is 5.11 Å². The normalized spacial score (nSPS) is 12.4. The number of pyridine rings is 1. The Hall–Kier alpha value is -1.67. The number of aryl methyl sites for hydroxylation is 1. The second-order valence-electron chi connectivity index (χ2n) is 4.85. The molecule has 1 N–H and O–H groups in total. The zero-order valence-corrected chi connectivity index (χ0v) is 11.6. The van der Waals surface area contributed by atoms with Gasteiger partial charge in [-0.05, 0) is 30.0 Å². The summed E-state index contributed by atoms with van der Waals surface area (Å²) in [4.78, 5) is 4.50. The highest BCUT2D eigenvalue weighted by Gasteiger charge is 2.05. The fraction of sp³-hybridized carbons (Fsp3) is 0.353. The zero-order chi connectivity index (χ0) is 13.7. The first kappa shape index (κ1) is 13.8. The van der Waals surface area contributed by atoms with Crippen molar-refractivity contribution >= 4 is 0 Å². The van der Waals surface area contributed by atoms with Crippen LogP contribution in [-0.2, 0) is 6.42 Å². The molecule has 0 bridgehead atoms. The van der Waals surface area contributed by atoms with E-state index in [2.05, 4.69) is 24.0 Å². The number of benzene rings is 1. The third kappa shape index (κ3) is 3.42. The molecule has 0 fully saturated rings. The summed E-state index contributed by atoms with van der Waals surface area (Å²) in [6.07, 6.45) is 4.55. The van der Waals surface area contributed by atoms with Gasteiger partial charge in [0.25, 0.3) is 0 Å². The second kappa shape index (κ2) is 6.48. The molecule has 0 aliphatic heterocycles. The number of hydrogen-bond acceptors (Lipinski definition) is 2. The van der Waals surface area contributed by atoms with Crippen LogP contribution in [0.15, 0.2) is 42.6 Å². The quantitative estimate of drug-likeness (QED) is 0.870. The molecule has 1 unspecified atom stereocenters. The van der Waals surface area contributed by atoms with Gasteiger partial charge in [0.05, 0.1) is 11.8 Å². The van der Waals surface area contributed by atoms with E-state index in [1.54, 1.807) is 0 Å². The summed E-state index contributed by atoms with van der Waals surface area (Å²) in [5.41, 5.74) is 4.32. The van der Waals surface area contributed by atoms with Crippen molar-refractivity contribution in [1.82, 2.24) is 4.98 Å². The molecular formula is C17H21NO. The van der Waals surface area contributed by atoms with E-state index in [0.29, 0.717) is 0 Å². The van der Waals surface area contributed by atoms with Crippen LogP contribution in [0.4, 0.5) is 0 Å². The average Bonchev–Trinajstić information content (AvgIpc) is 2.48. The molecule has 2 rings (SSSR count). The van der Waals surface area contributed by atoms with E-state index in [4.69, 9.17) is 0 Å². The lowest BCUT2D eigenvalue weighted by Gasteiger charge is -2.09. The molecule has 1 aromatic carbocycles. The maximum absolute atomic E-state index is 9.77. The SMILES string of the molecule is CCCc1ccc(-c2ccc(C(O)CC)cc2)nc1. The van der Waals surface area contributed by atoms with Crippen molar-refractivity contribution in [2.24, 2.45) is 0 Å². The van der Waals surface area contributed by atoms with E-state index in [0.717, 1.165) is 36.1 Å². The summed E-state index contributed by atoms with van der Waals surface area (Å²) < 4.78 is 0. The smallest absolute Gasteiger partial charge is 0.0787 e. The van der Waals surface area contributed by atoms with Crippen LogP contribution in [0.2, 0.25) is 0 Å². The molecule has 2 heteroatoms. The van der Waals surface area contributed by atoms with Gasteiger partial charge in [-0.15, -0.1) is 0 Å². The Morgan fingerprint density at radius 2 is 1.79 bits per heavy atom. The van der Waals surface area contributed by atoms with Crippen molar-refractivity contribution in [1.29, 1.82) is 0 Å². The molecule has 0 radical (unpaired) electrons. The van der Waals surface area contributed by atoms with Crippen LogP contribution in [0.3, 0.4) is 0 Å². The molecule has 1 aromatic heterocycles. The molecule has 2 aromatic rings. The predicted octanol–water partition coefficient (Wildman–Crippen LogP) is 4.14. The average molecular weight is 255 g/mol. The van der Waals surface area contributed by atoms with Gasteiger partial charge in [-0.3, -0.25) is 4.98 Å². The maximum Gasteiger partial charge on any atom is 0.0787 e. The largest absolute Gasteiger partial charge is 0.388 e. The van der Waals surface area contributed by atoms with Crippen molar-refractivity contribution in [3.05, 3.63) is 53.7 Å². The third-order valence-corrected chi connectivity index (χ3v) is 3.34. The fourth-order valence-electron chi connectivity index (χ4n) is 2.14. The molecule has 1 atom stereocenters. The first-order valence-electron chi connectivity index (χ1n) is 6.98. The van der Waals surface area contributed by atoms with E-state index < -0.39 is 0 Å². The first-order valence-corrected chi connectivity index (χ1v) is 6.98. The highest BCUT2D eigenvalue weighted by Crippen LogP contribution is 2.22. The van der Waals surface area contributed by atoms with Crippen LogP contribution in [0.5, 0.6) is 0 Å². The number of aromatic nitrogens is 1. The van der Waals surface area contributed by atoms with Crippen LogP contribution in [0.1, 0.15) is 43.9 Å². The summed E-state index contributed by atoms with van der Waals surface area (Å²) in [6, 6.07) is 12.2. The molecule has 100 valence electrons. The Labute approximate surface area is 115 Å². The number of aliphatic hydroxyl groups is 1. The van der Waals surface area contributed by atoms with Crippen LogP contribution >= 0.6 is 0 Å². The molecule has 19 heavy (non-hydrogen) atoms. The lowest BCUT2D eigenvalue weighted by atomic mass is 10.0. The Morgan fingerprint density at radius 1 is 1.05 bits per heavy atom. The van der Waals surface area contributed by atoms with Crippen molar-refractivity contribution in [3.63, 3.8) is 0 Å². The fourth-order valence-corrected chi connectivity index (χ4v) is 2.14. The van der Waals surface area contributed by atoms with Crippen LogP contribution in [0, 0.1) is 0 Å². The van der Waals surface area contributed by atoms with Gasteiger partial charge >= 0.3 is 0 Å². The van der Waals surface area contributed by atoms with Gasteiger partial charge in [0, 0.05) is 11.8 Å². The van der Waals surface area contributed by atoms with Gasteiger partial charge in [-0.25, -0.2) is 0 Å². The molecule has 1 heterocycles. The van der Waals surface area contributed by atoms with E-state index >= 15 is 0 Å². The molecule has 0 aliphatic carbocycles. The van der Waals surface area contributed by atoms with Gasteiger partial charge in [-0.1, -0.05) is 50.6 Å². The molecule has 0 saturated heterocycles. The number of rotatable bonds is 5. The second-order valence-corrected chi connectivity index (χ2v) is 4.85. The zero-order valence-electron chi connectivity index (χ0n) is 11.6. The molecule has 2 nitrogen and oxygen atoms in total. The molecule has 0 amide bonds. The third-order valence-electron chi connectivity index (χ3n) is 3.34. The topological polar surface area (TPSA) is 33.1 Å². The van der Waals surface area contributed by atoms with Gasteiger partial charge in [0.15, 0.2) is 0 Å². The summed E-state index contributed by atoms with van der Waals surface area (Å²) in [6.45, 7) is 4.15. The minimum absolute atomic E-state index is 0.367. The number of hydrogen-bond donors (Lipinski definition) is 1. The monoisotopic (exact) mass is 255 g/mol. The molecular weight excluding hydrogens is 234 g/mol. The number of aliphatic hydroxyl groups excluding tert-OH is 1. The standard InChI is InChI=1S/C17H21NO/c1-3-5-13-6-11-16(18-12-13)14-7-9-15(10-8-14)17(19)4-2/h6-12,17,19H,3-5H2,1-2H3. The van der Waals surface area contributed by atoms with Gasteiger partial charge < -0.3 is 5.11 Å². The van der Waals surface area contributed by atoms with Crippen LogP contribution < -0.4 is 0 Å². The van der Waals surface area contributed by atoms with Gasteiger partial charge in [0.1, 0.15) is 0 Å². The Kier molecular flexibility index (Phi) is 4.69. The highest BCUT2D eigenvalue weighted by atomic mass is 16.3. The minimum atomic E-state index is -0.367. The minimum Gasteiger partial charge on any atom is -0.388 e. The Balaban J connectivity index is 2.17. The lowest BCUT2D eigenvalue weighted by Crippen LogP contribution is -1.94. The molecule has 0 spiro atoms. The highest BCUT2D eigenvalue weighted by molar-refractivity contribution is 5.59. The van der Waals surface area contributed by atoms with E-state index in [1.165, 1.54) is 5.56 Å². The molecule has 0 saturated carbocycles. The summed E-state index contributed by atoms with van der Waals surface area (Å²) in [7, 11) is 0. The van der Waals surface area contributed by atoms with Gasteiger partial charge in [0.2, 0.25) is 0 Å². The number of nitrogens with zero attached hydrogens (tertiary/aromatic N) is 1. The first-order chi connectivity index (χ1) is 9.24. The van der Waals surface area contributed by atoms with Crippen LogP contribution in [-0.4, -0.2) is 10.1 Å². The van der Waals surface area contributed by atoms with Gasteiger partial charge in [-0.2, -0.15) is 0 Å². The Bertz CT molecular complexity index is 502. The van der Waals surface area contributed by atoms with Crippen LogP contribution in [0.25, 0.3) is 11.3 Å². The van der Waals surface area contributed by atoms with Crippen molar-refractivity contribution in [2.45, 2.75) is 39.2 Å². The van der Waals surface area contributed by atoms with E-state index in [9.17, 15) is 5.11 Å². The lowest BCUT2D eigenvalue weighted by molar-refractivity contribution is 0.173. The van der Waals surface area contributed by atoms with E-state index in [1.807, 2.05) is 37.4 Å². The summed E-state index contributed by atoms with van der Waals surface area (Å²) in [5.74, 6) is 0. The van der Waals surface area contributed by atoms with E-state index in [-0.39, 0.29) is 6.10 Å². The Morgan fingerprint density at radius 3 is 2.32 bits per heavy atom. The predicted molar refractivity (Wildman–Crippen MR) is 78.9 cm³/mol. The molecule has 0 aliphatic rings. The van der Waals surface area contributed by atoms with Crippen molar-refractivity contribution in [2.75, 3.05) is 0 Å². The van der Waals surface area contributed by atoms with Crippen molar-refractivity contribution in [3.8, 4) is 11.3 Å². The summed E-state index contributed by atoms with van der Waals surface area (Å²) >= 11 is 0. The maximum atomic E-state index is 9.77.